The van der Waals surface area contributed by atoms with E-state index in [9.17, 15) is 4.79 Å². The number of thioether (sulfide) groups is 1. The summed E-state index contributed by atoms with van der Waals surface area (Å²) >= 11 is 13.1. The number of ether oxygens (including phenoxy) is 1. The van der Waals surface area contributed by atoms with E-state index >= 15 is 0 Å². The Morgan fingerprint density at radius 2 is 2.15 bits per heavy atom. The largest absolute Gasteiger partial charge is 0.497 e. The zero-order valence-electron chi connectivity index (χ0n) is 14.4. The lowest BCUT2D eigenvalue weighted by Crippen LogP contribution is -2.23. The molecular formula is C17H15Cl2N5O2S. The number of pyridine rings is 1. The van der Waals surface area contributed by atoms with Crippen LogP contribution in [0.2, 0.25) is 10.0 Å². The molecule has 0 aliphatic carbocycles. The molecule has 0 bridgehead atoms. The van der Waals surface area contributed by atoms with Gasteiger partial charge in [-0.05, 0) is 25.1 Å². The van der Waals surface area contributed by atoms with Gasteiger partial charge >= 0.3 is 0 Å². The van der Waals surface area contributed by atoms with E-state index in [-0.39, 0.29) is 16.7 Å². The van der Waals surface area contributed by atoms with E-state index in [1.54, 1.807) is 24.9 Å². The predicted octanol–water partition coefficient (Wildman–Crippen LogP) is 4.10. The maximum Gasteiger partial charge on any atom is 0.238 e. The molecule has 2 heterocycles. The van der Waals surface area contributed by atoms with Crippen LogP contribution >= 0.6 is 35.0 Å². The highest BCUT2D eigenvalue weighted by atomic mass is 35.5. The molecule has 0 saturated carbocycles. The average Bonchev–Trinajstić information content (AvgIpc) is 3.12. The molecule has 10 heteroatoms. The van der Waals surface area contributed by atoms with E-state index in [0.717, 1.165) is 5.69 Å². The second-order valence-electron chi connectivity index (χ2n) is 5.42. The molecule has 2 aromatic heterocycles. The Morgan fingerprint density at radius 1 is 1.33 bits per heavy atom. The summed E-state index contributed by atoms with van der Waals surface area (Å²) in [5, 5.41) is 11.5. The number of carbonyl (C=O) groups excluding carboxylic acids is 1. The molecule has 140 valence electrons. The SMILES string of the molecule is COc1cccc(-n2cnnc2S[C@H](C)C(=O)Nc2ncc(Cl)cc2Cl)c1. The summed E-state index contributed by atoms with van der Waals surface area (Å²) in [7, 11) is 1.60. The number of rotatable bonds is 6. The summed E-state index contributed by atoms with van der Waals surface area (Å²) in [5.74, 6) is 0.705. The lowest BCUT2D eigenvalue weighted by Gasteiger charge is -2.13. The molecule has 0 radical (unpaired) electrons. The van der Waals surface area contributed by atoms with Gasteiger partial charge < -0.3 is 10.1 Å². The van der Waals surface area contributed by atoms with Crippen molar-refractivity contribution in [2.75, 3.05) is 12.4 Å². The zero-order chi connectivity index (χ0) is 19.4. The van der Waals surface area contributed by atoms with Crippen LogP contribution < -0.4 is 10.1 Å². The number of benzene rings is 1. The van der Waals surface area contributed by atoms with E-state index in [0.29, 0.717) is 15.9 Å². The lowest BCUT2D eigenvalue weighted by molar-refractivity contribution is -0.115. The van der Waals surface area contributed by atoms with Crippen LogP contribution in [0.15, 0.2) is 48.0 Å². The Kier molecular flexibility index (Phi) is 6.20. The molecule has 3 aromatic rings. The molecule has 0 fully saturated rings. The monoisotopic (exact) mass is 423 g/mol. The van der Waals surface area contributed by atoms with Gasteiger partial charge in [0.05, 0.1) is 28.1 Å². The molecule has 1 aromatic carbocycles. The molecule has 7 nitrogen and oxygen atoms in total. The van der Waals surface area contributed by atoms with Crippen LogP contribution in [-0.2, 0) is 4.79 Å². The van der Waals surface area contributed by atoms with Crippen LogP contribution in [0.4, 0.5) is 5.82 Å². The number of amides is 1. The minimum absolute atomic E-state index is 0.257. The van der Waals surface area contributed by atoms with E-state index in [1.807, 2.05) is 24.3 Å². The highest BCUT2D eigenvalue weighted by Crippen LogP contribution is 2.27. The fourth-order valence-corrected chi connectivity index (χ4v) is 3.45. The Balaban J connectivity index is 1.73. The van der Waals surface area contributed by atoms with Crippen LogP contribution in [0.1, 0.15) is 6.92 Å². The van der Waals surface area contributed by atoms with Gasteiger partial charge in [0.2, 0.25) is 5.91 Å². The average molecular weight is 424 g/mol. The number of hydrogen-bond donors (Lipinski definition) is 1. The lowest BCUT2D eigenvalue weighted by atomic mass is 10.3. The minimum Gasteiger partial charge on any atom is -0.497 e. The summed E-state index contributed by atoms with van der Waals surface area (Å²) in [6.07, 6.45) is 3.00. The molecule has 1 N–H and O–H groups in total. The Bertz CT molecular complexity index is 966. The van der Waals surface area contributed by atoms with Gasteiger partial charge in [0, 0.05) is 12.3 Å². The molecule has 0 unspecified atom stereocenters. The Hall–Kier alpha value is -2.29. The van der Waals surface area contributed by atoms with Gasteiger partial charge in [-0.25, -0.2) is 4.98 Å². The fourth-order valence-electron chi connectivity index (χ4n) is 2.18. The summed E-state index contributed by atoms with van der Waals surface area (Å²) < 4.78 is 7.03. The van der Waals surface area contributed by atoms with Gasteiger partial charge in [-0.2, -0.15) is 0 Å². The van der Waals surface area contributed by atoms with Gasteiger partial charge in [0.1, 0.15) is 12.1 Å². The third kappa shape index (κ3) is 4.71. The van der Waals surface area contributed by atoms with Crippen molar-refractivity contribution >= 4 is 46.7 Å². The van der Waals surface area contributed by atoms with Crippen molar-refractivity contribution in [2.24, 2.45) is 0 Å². The van der Waals surface area contributed by atoms with Crippen LogP contribution in [0.3, 0.4) is 0 Å². The number of nitrogens with one attached hydrogen (secondary N) is 1. The van der Waals surface area contributed by atoms with Gasteiger partial charge in [-0.15, -0.1) is 10.2 Å². The van der Waals surface area contributed by atoms with Gasteiger partial charge in [0.25, 0.3) is 0 Å². The second-order valence-corrected chi connectivity index (χ2v) is 7.57. The summed E-state index contributed by atoms with van der Waals surface area (Å²) in [4.78, 5) is 16.5. The maximum atomic E-state index is 12.5. The number of hydrogen-bond acceptors (Lipinski definition) is 6. The van der Waals surface area contributed by atoms with Gasteiger partial charge in [0.15, 0.2) is 11.0 Å². The van der Waals surface area contributed by atoms with Crippen molar-refractivity contribution in [3.8, 4) is 11.4 Å². The molecule has 0 saturated heterocycles. The first kappa shape index (κ1) is 19.5. The first-order valence-electron chi connectivity index (χ1n) is 7.81. The molecule has 27 heavy (non-hydrogen) atoms. The number of aromatic nitrogens is 4. The smallest absolute Gasteiger partial charge is 0.238 e. The topological polar surface area (TPSA) is 81.9 Å². The van der Waals surface area contributed by atoms with Crippen molar-refractivity contribution in [3.05, 3.63) is 52.9 Å². The van der Waals surface area contributed by atoms with Crippen molar-refractivity contribution < 1.29 is 9.53 Å². The highest BCUT2D eigenvalue weighted by Gasteiger charge is 2.20. The molecular weight excluding hydrogens is 409 g/mol. The number of anilines is 1. The van der Waals surface area contributed by atoms with E-state index in [1.165, 1.54) is 24.0 Å². The van der Waals surface area contributed by atoms with Crippen LogP contribution in [-0.4, -0.2) is 38.0 Å². The predicted molar refractivity (Wildman–Crippen MR) is 106 cm³/mol. The molecule has 0 aliphatic heterocycles. The van der Waals surface area contributed by atoms with Crippen molar-refractivity contribution in [3.63, 3.8) is 0 Å². The molecule has 1 amide bonds. The zero-order valence-corrected chi connectivity index (χ0v) is 16.7. The minimum atomic E-state index is -0.466. The van der Waals surface area contributed by atoms with Crippen molar-refractivity contribution in [1.29, 1.82) is 0 Å². The number of nitrogens with zero attached hydrogens (tertiary/aromatic N) is 4. The van der Waals surface area contributed by atoms with Gasteiger partial charge in [-0.1, -0.05) is 41.0 Å². The first-order valence-corrected chi connectivity index (χ1v) is 9.44. The Labute approximate surface area is 170 Å². The third-order valence-corrected chi connectivity index (χ3v) is 5.10. The normalized spacial score (nSPS) is 11.9. The summed E-state index contributed by atoms with van der Waals surface area (Å²) in [6.45, 7) is 1.76. The quantitative estimate of drug-likeness (QED) is 0.600. The molecule has 3 rings (SSSR count). The van der Waals surface area contributed by atoms with E-state index in [4.69, 9.17) is 27.9 Å². The van der Waals surface area contributed by atoms with E-state index in [2.05, 4.69) is 20.5 Å². The number of halogens is 2. The fraction of sp³-hybridized carbons (Fsp3) is 0.176. The number of methoxy groups -OCH3 is 1. The maximum absolute atomic E-state index is 12.5. The van der Waals surface area contributed by atoms with Crippen LogP contribution in [0.25, 0.3) is 5.69 Å². The number of carbonyl (C=O) groups is 1. The molecule has 0 aliphatic rings. The second kappa shape index (κ2) is 8.60. The molecule has 0 spiro atoms. The van der Waals surface area contributed by atoms with Gasteiger partial charge in [-0.3, -0.25) is 9.36 Å². The Morgan fingerprint density at radius 3 is 2.89 bits per heavy atom. The highest BCUT2D eigenvalue weighted by molar-refractivity contribution is 8.00. The van der Waals surface area contributed by atoms with E-state index < -0.39 is 5.25 Å². The third-order valence-electron chi connectivity index (χ3n) is 3.55. The first-order chi connectivity index (χ1) is 13.0. The van der Waals surface area contributed by atoms with Crippen LogP contribution in [0.5, 0.6) is 5.75 Å². The standard InChI is InChI=1S/C17H15Cl2N5O2S/c1-10(16(25)22-15-14(19)6-11(18)8-20-15)27-17-23-21-9-24(17)12-4-3-5-13(7-12)26-2/h3-10H,1-2H3,(H,20,22,25)/t10-/m1/s1. The van der Waals surface area contributed by atoms with Crippen molar-refractivity contribution in [1.82, 2.24) is 19.7 Å². The van der Waals surface area contributed by atoms with Crippen LogP contribution in [0, 0.1) is 0 Å². The summed E-state index contributed by atoms with van der Waals surface area (Å²) in [6, 6.07) is 8.99. The molecule has 1 atom stereocenters. The van der Waals surface area contributed by atoms with Crippen molar-refractivity contribution in [2.45, 2.75) is 17.3 Å². The summed E-state index contributed by atoms with van der Waals surface area (Å²) in [5.41, 5.74) is 0.830.